The average molecular weight is 392 g/mol. The number of para-hydroxylation sites is 2. The van der Waals surface area contributed by atoms with E-state index in [2.05, 4.69) is 27.4 Å². The summed E-state index contributed by atoms with van der Waals surface area (Å²) in [6.07, 6.45) is 3.76. The average Bonchev–Trinajstić information content (AvgIpc) is 2.89. The molecule has 2 heterocycles. The Kier molecular flexibility index (Phi) is 6.41. The van der Waals surface area contributed by atoms with Crippen LogP contribution < -0.4 is 10.1 Å². The summed E-state index contributed by atoms with van der Waals surface area (Å²) in [5.41, 5.74) is 4.72. The molecular weight excluding hydrogens is 369 g/mol. The zero-order valence-electron chi connectivity index (χ0n) is 14.6. The molecule has 0 amide bonds. The minimum absolute atomic E-state index is 0. The fraction of sp³-hybridized carbons (Fsp3) is 0.350. The largest absolute Gasteiger partial charge is 0.492 e. The summed E-state index contributed by atoms with van der Waals surface area (Å²) in [5.74, 6) is 1.87. The number of halogens is 2. The summed E-state index contributed by atoms with van der Waals surface area (Å²) in [6.45, 7) is 2.63. The molecular formula is C20H23Cl2N3O. The van der Waals surface area contributed by atoms with Gasteiger partial charge in [0.15, 0.2) is 0 Å². The molecule has 138 valence electrons. The van der Waals surface area contributed by atoms with Gasteiger partial charge in [0.05, 0.1) is 22.7 Å². The second kappa shape index (κ2) is 8.76. The number of nitrogens with zero attached hydrogens (tertiary/aromatic N) is 1. The molecule has 3 aromatic rings. The number of fused-ring (bicyclic) bond motifs is 2. The Morgan fingerprint density at radius 3 is 2.81 bits per heavy atom. The maximum atomic E-state index is 6.40. The third-order valence-electron chi connectivity index (χ3n) is 4.68. The molecule has 26 heavy (non-hydrogen) atoms. The lowest BCUT2D eigenvalue weighted by atomic mass is 10.0. The van der Waals surface area contributed by atoms with E-state index in [0.717, 1.165) is 61.4 Å². The summed E-state index contributed by atoms with van der Waals surface area (Å²) in [5, 5.41) is 4.14. The fourth-order valence-corrected chi connectivity index (χ4v) is 3.64. The second-order valence-corrected chi connectivity index (χ2v) is 6.82. The van der Waals surface area contributed by atoms with Crippen LogP contribution in [0.2, 0.25) is 5.02 Å². The van der Waals surface area contributed by atoms with E-state index in [1.807, 2.05) is 24.3 Å². The molecule has 4 rings (SSSR count). The normalized spacial score (nSPS) is 13.7. The topological polar surface area (TPSA) is 49.9 Å². The van der Waals surface area contributed by atoms with E-state index < -0.39 is 0 Å². The molecule has 0 radical (unpaired) electrons. The van der Waals surface area contributed by atoms with Gasteiger partial charge < -0.3 is 15.0 Å². The van der Waals surface area contributed by atoms with Crippen LogP contribution in [0.15, 0.2) is 36.4 Å². The highest BCUT2D eigenvalue weighted by Crippen LogP contribution is 2.33. The molecule has 1 aliphatic heterocycles. The molecule has 0 bridgehead atoms. The molecule has 0 saturated carbocycles. The lowest BCUT2D eigenvalue weighted by Crippen LogP contribution is -2.16. The van der Waals surface area contributed by atoms with Crippen LogP contribution in [0, 0.1) is 0 Å². The van der Waals surface area contributed by atoms with Crippen LogP contribution in [0.5, 0.6) is 5.75 Å². The number of benzene rings is 2. The number of hydrogen-bond acceptors (Lipinski definition) is 3. The number of imidazole rings is 1. The molecule has 1 aromatic heterocycles. The van der Waals surface area contributed by atoms with E-state index in [0.29, 0.717) is 11.6 Å². The lowest BCUT2D eigenvalue weighted by molar-refractivity contribution is 0.307. The van der Waals surface area contributed by atoms with E-state index in [9.17, 15) is 0 Å². The predicted molar refractivity (Wildman–Crippen MR) is 109 cm³/mol. The van der Waals surface area contributed by atoms with Gasteiger partial charge in [-0.1, -0.05) is 29.8 Å². The highest BCUT2D eigenvalue weighted by Gasteiger charge is 2.16. The van der Waals surface area contributed by atoms with E-state index in [1.54, 1.807) is 0 Å². The molecule has 2 aromatic carbocycles. The molecule has 0 aliphatic carbocycles. The Morgan fingerprint density at radius 2 is 1.92 bits per heavy atom. The van der Waals surface area contributed by atoms with Gasteiger partial charge >= 0.3 is 0 Å². The minimum Gasteiger partial charge on any atom is -0.492 e. The van der Waals surface area contributed by atoms with E-state index in [-0.39, 0.29) is 12.4 Å². The molecule has 0 atom stereocenters. The third-order valence-corrected chi connectivity index (χ3v) is 4.97. The van der Waals surface area contributed by atoms with Gasteiger partial charge in [0.1, 0.15) is 11.6 Å². The third kappa shape index (κ3) is 4.14. The van der Waals surface area contributed by atoms with Crippen molar-refractivity contribution in [1.29, 1.82) is 0 Å². The van der Waals surface area contributed by atoms with E-state index in [1.165, 1.54) is 11.1 Å². The van der Waals surface area contributed by atoms with Gasteiger partial charge in [-0.05, 0) is 56.1 Å². The molecule has 0 spiro atoms. The van der Waals surface area contributed by atoms with Gasteiger partial charge in [0.25, 0.3) is 0 Å². The van der Waals surface area contributed by atoms with Crippen molar-refractivity contribution >= 4 is 35.0 Å². The summed E-state index contributed by atoms with van der Waals surface area (Å²) in [4.78, 5) is 7.97. The van der Waals surface area contributed by atoms with Gasteiger partial charge in [-0.15, -0.1) is 12.4 Å². The molecule has 1 aliphatic rings. The molecule has 2 N–H and O–H groups in total. The number of aryl methyl sites for hydroxylation is 1. The predicted octanol–water partition coefficient (Wildman–Crippen LogP) is 4.34. The number of nitrogens with one attached hydrogen (secondary N) is 2. The number of aromatic amines is 1. The number of aromatic nitrogens is 2. The summed E-state index contributed by atoms with van der Waals surface area (Å²) >= 11 is 6.40. The van der Waals surface area contributed by atoms with Crippen molar-refractivity contribution in [2.24, 2.45) is 0 Å². The standard InChI is InChI=1S/C20H22ClN3O.ClH/c21-16-8-7-14-9-11-22-12-10-15(14)20(16)25-13-3-6-19-23-17-4-1-2-5-18(17)24-19;/h1-2,4-5,7-8,22H,3,6,9-13H2,(H,23,24);1H. The van der Waals surface area contributed by atoms with Crippen LogP contribution in [0.3, 0.4) is 0 Å². The Labute approximate surface area is 164 Å². The highest BCUT2D eigenvalue weighted by molar-refractivity contribution is 6.32. The zero-order valence-corrected chi connectivity index (χ0v) is 16.1. The fourth-order valence-electron chi connectivity index (χ4n) is 3.40. The first-order chi connectivity index (χ1) is 12.3. The van der Waals surface area contributed by atoms with Gasteiger partial charge in [-0.25, -0.2) is 4.98 Å². The number of hydrogen-bond donors (Lipinski definition) is 2. The Bertz CT molecular complexity index is 846. The lowest BCUT2D eigenvalue weighted by Gasteiger charge is -2.15. The number of ether oxygens (including phenoxy) is 1. The molecule has 0 unspecified atom stereocenters. The van der Waals surface area contributed by atoms with Crippen molar-refractivity contribution in [2.75, 3.05) is 19.7 Å². The van der Waals surface area contributed by atoms with Gasteiger partial charge in [0, 0.05) is 12.0 Å². The molecule has 0 saturated heterocycles. The number of rotatable bonds is 5. The van der Waals surface area contributed by atoms with Crippen molar-refractivity contribution in [2.45, 2.75) is 25.7 Å². The van der Waals surface area contributed by atoms with Crippen molar-refractivity contribution in [3.05, 3.63) is 58.4 Å². The second-order valence-electron chi connectivity index (χ2n) is 6.42. The van der Waals surface area contributed by atoms with Crippen LogP contribution >= 0.6 is 24.0 Å². The minimum atomic E-state index is 0. The summed E-state index contributed by atoms with van der Waals surface area (Å²) in [7, 11) is 0. The smallest absolute Gasteiger partial charge is 0.141 e. The first-order valence-corrected chi connectivity index (χ1v) is 9.26. The van der Waals surface area contributed by atoms with Crippen LogP contribution in [0.25, 0.3) is 11.0 Å². The van der Waals surface area contributed by atoms with Crippen molar-refractivity contribution in [3.63, 3.8) is 0 Å². The molecule has 0 fully saturated rings. The molecule has 6 heteroatoms. The monoisotopic (exact) mass is 391 g/mol. The zero-order chi connectivity index (χ0) is 17.1. The Morgan fingerprint density at radius 1 is 1.08 bits per heavy atom. The Hall–Kier alpha value is -1.75. The van der Waals surface area contributed by atoms with Crippen LogP contribution in [0.1, 0.15) is 23.4 Å². The summed E-state index contributed by atoms with van der Waals surface area (Å²) in [6, 6.07) is 12.2. The van der Waals surface area contributed by atoms with Crippen LogP contribution in [-0.2, 0) is 19.3 Å². The van der Waals surface area contributed by atoms with Gasteiger partial charge in [0.2, 0.25) is 0 Å². The van der Waals surface area contributed by atoms with E-state index >= 15 is 0 Å². The van der Waals surface area contributed by atoms with E-state index in [4.69, 9.17) is 16.3 Å². The summed E-state index contributed by atoms with van der Waals surface area (Å²) < 4.78 is 6.09. The quantitative estimate of drug-likeness (QED) is 0.636. The van der Waals surface area contributed by atoms with Gasteiger partial charge in [-0.2, -0.15) is 0 Å². The Balaban J connectivity index is 0.00000196. The van der Waals surface area contributed by atoms with Crippen LogP contribution in [-0.4, -0.2) is 29.7 Å². The van der Waals surface area contributed by atoms with Gasteiger partial charge in [-0.3, -0.25) is 0 Å². The van der Waals surface area contributed by atoms with Crippen molar-refractivity contribution < 1.29 is 4.74 Å². The molecule has 4 nitrogen and oxygen atoms in total. The van der Waals surface area contributed by atoms with Crippen LogP contribution in [0.4, 0.5) is 0 Å². The first kappa shape index (κ1) is 19.0. The van der Waals surface area contributed by atoms with Crippen molar-refractivity contribution in [3.8, 4) is 5.75 Å². The maximum absolute atomic E-state index is 6.40. The maximum Gasteiger partial charge on any atom is 0.141 e. The first-order valence-electron chi connectivity index (χ1n) is 8.88. The highest BCUT2D eigenvalue weighted by atomic mass is 35.5. The number of H-pyrrole nitrogens is 1. The SMILES string of the molecule is Cl.Clc1ccc2c(c1OCCCc1nc3ccccc3[nH]1)CCNCC2. The van der Waals surface area contributed by atoms with Crippen molar-refractivity contribution in [1.82, 2.24) is 15.3 Å².